The van der Waals surface area contributed by atoms with Gasteiger partial charge in [-0.2, -0.15) is 5.26 Å². The smallest absolute Gasteiger partial charge is 0.108 e. The Morgan fingerprint density at radius 1 is 1.53 bits per heavy atom. The Labute approximate surface area is 94.1 Å². The summed E-state index contributed by atoms with van der Waals surface area (Å²) in [5.41, 5.74) is 0. The van der Waals surface area contributed by atoms with Gasteiger partial charge in [0, 0.05) is 41.9 Å². The second-order valence-corrected chi connectivity index (χ2v) is 5.48. The molecule has 86 valence electrons. The Morgan fingerprint density at radius 2 is 2.20 bits per heavy atom. The highest BCUT2D eigenvalue weighted by Crippen LogP contribution is 2.01. The molecule has 0 saturated carbocycles. The molecular formula is C10H19N3OS. The van der Waals surface area contributed by atoms with Crippen molar-refractivity contribution in [1.82, 2.24) is 10.2 Å². The molecule has 0 bridgehead atoms. The molecule has 1 aliphatic rings. The van der Waals surface area contributed by atoms with E-state index >= 15 is 0 Å². The largest absolute Gasteiger partial charge is 0.301 e. The molecule has 1 N–H and O–H groups in total. The number of nitrogens with zero attached hydrogens (tertiary/aromatic N) is 2. The van der Waals surface area contributed by atoms with E-state index in [1.54, 1.807) is 0 Å². The van der Waals surface area contributed by atoms with Gasteiger partial charge in [-0.3, -0.25) is 9.11 Å². The van der Waals surface area contributed by atoms with Crippen LogP contribution in [0.3, 0.4) is 0 Å². The first-order chi connectivity index (χ1) is 7.26. The van der Waals surface area contributed by atoms with Crippen molar-refractivity contribution in [2.24, 2.45) is 0 Å². The molecule has 0 amide bonds. The molecule has 0 aromatic heterocycles. The minimum absolute atomic E-state index is 0.0866. The van der Waals surface area contributed by atoms with Crippen LogP contribution in [0.1, 0.15) is 13.3 Å². The summed E-state index contributed by atoms with van der Waals surface area (Å²) in [4.78, 5) is 2.22. The second-order valence-electron chi connectivity index (χ2n) is 3.78. The van der Waals surface area contributed by atoms with Crippen LogP contribution in [-0.2, 0) is 10.8 Å². The first-order valence-electron chi connectivity index (χ1n) is 5.46. The summed E-state index contributed by atoms with van der Waals surface area (Å²) in [6.07, 6.45) is 1.04. The molecule has 4 nitrogen and oxygen atoms in total. The number of nitrogens with one attached hydrogen (secondary N) is 1. The van der Waals surface area contributed by atoms with E-state index in [4.69, 9.17) is 5.26 Å². The van der Waals surface area contributed by atoms with Crippen molar-refractivity contribution >= 4 is 10.8 Å². The van der Waals surface area contributed by atoms with Gasteiger partial charge in [-0.05, 0) is 13.0 Å². The summed E-state index contributed by atoms with van der Waals surface area (Å²) in [5.74, 6) is 1.51. The van der Waals surface area contributed by atoms with Gasteiger partial charge in [-0.1, -0.05) is 6.92 Å². The van der Waals surface area contributed by atoms with Crippen LogP contribution in [0.2, 0.25) is 0 Å². The monoisotopic (exact) mass is 229 g/mol. The van der Waals surface area contributed by atoms with E-state index in [0.29, 0.717) is 0 Å². The maximum atomic E-state index is 11.1. The lowest BCUT2D eigenvalue weighted by molar-refractivity contribution is 0.280. The van der Waals surface area contributed by atoms with Crippen LogP contribution in [0, 0.1) is 11.3 Å². The zero-order valence-corrected chi connectivity index (χ0v) is 10.1. The van der Waals surface area contributed by atoms with Crippen LogP contribution in [0.25, 0.3) is 0 Å². The van der Waals surface area contributed by atoms with Gasteiger partial charge in [0.25, 0.3) is 0 Å². The Kier molecular flexibility index (Phi) is 5.84. The summed E-state index contributed by atoms with van der Waals surface area (Å²) in [5, 5.41) is 12.1. The van der Waals surface area contributed by atoms with Gasteiger partial charge in [-0.25, -0.2) is 0 Å². The van der Waals surface area contributed by atoms with Crippen molar-refractivity contribution in [1.29, 1.82) is 5.26 Å². The zero-order chi connectivity index (χ0) is 11.1. The van der Waals surface area contributed by atoms with Crippen LogP contribution in [0.4, 0.5) is 0 Å². The average Bonchev–Trinajstić information content (AvgIpc) is 2.27. The van der Waals surface area contributed by atoms with Crippen molar-refractivity contribution in [3.63, 3.8) is 0 Å². The topological polar surface area (TPSA) is 56.1 Å². The third-order valence-electron chi connectivity index (χ3n) is 2.51. The summed E-state index contributed by atoms with van der Waals surface area (Å²) in [6.45, 7) is 5.45. The van der Waals surface area contributed by atoms with Crippen molar-refractivity contribution in [3.8, 4) is 6.07 Å². The van der Waals surface area contributed by atoms with E-state index in [0.717, 1.165) is 44.1 Å². The predicted octanol–water partition coefficient (Wildman–Crippen LogP) is -0.0575. The van der Waals surface area contributed by atoms with Crippen molar-refractivity contribution < 1.29 is 4.21 Å². The van der Waals surface area contributed by atoms with Gasteiger partial charge in [0.15, 0.2) is 0 Å². The molecule has 1 fully saturated rings. The lowest BCUT2D eigenvalue weighted by atomic mass is 10.3. The SMILES string of the molecule is CCCNC(C#N)CN1CCS(=O)CC1. The number of hydrogen-bond acceptors (Lipinski definition) is 4. The van der Waals surface area contributed by atoms with Gasteiger partial charge >= 0.3 is 0 Å². The average molecular weight is 229 g/mol. The maximum Gasteiger partial charge on any atom is 0.108 e. The van der Waals surface area contributed by atoms with E-state index in [9.17, 15) is 4.21 Å². The fraction of sp³-hybridized carbons (Fsp3) is 0.900. The Balaban J connectivity index is 2.26. The number of rotatable bonds is 5. The normalized spacial score (nSPS) is 21.1. The summed E-state index contributed by atoms with van der Waals surface area (Å²) < 4.78 is 11.1. The van der Waals surface area contributed by atoms with Crippen LogP contribution in [0.15, 0.2) is 0 Å². The molecule has 0 aromatic rings. The van der Waals surface area contributed by atoms with Crippen molar-refractivity contribution in [2.45, 2.75) is 19.4 Å². The molecule has 1 saturated heterocycles. The molecular weight excluding hydrogens is 210 g/mol. The molecule has 0 aliphatic carbocycles. The molecule has 0 spiro atoms. The molecule has 0 radical (unpaired) electrons. The van der Waals surface area contributed by atoms with Crippen LogP contribution >= 0.6 is 0 Å². The number of nitriles is 1. The summed E-state index contributed by atoms with van der Waals surface area (Å²) >= 11 is 0. The van der Waals surface area contributed by atoms with E-state index in [2.05, 4.69) is 23.2 Å². The molecule has 1 rings (SSSR count). The third-order valence-corrected chi connectivity index (χ3v) is 3.78. The first kappa shape index (κ1) is 12.6. The Hall–Kier alpha value is -0.440. The Bertz CT molecular complexity index is 242. The molecule has 15 heavy (non-hydrogen) atoms. The van der Waals surface area contributed by atoms with E-state index in [1.165, 1.54) is 0 Å². The minimum atomic E-state index is -0.628. The standard InChI is InChI=1S/C10H19N3OS/c1-2-3-12-10(8-11)9-13-4-6-15(14)7-5-13/h10,12H,2-7,9H2,1H3. The molecule has 0 aromatic carbocycles. The lowest BCUT2D eigenvalue weighted by Crippen LogP contribution is -2.45. The molecule has 5 heteroatoms. The highest BCUT2D eigenvalue weighted by Gasteiger charge is 2.18. The van der Waals surface area contributed by atoms with Gasteiger partial charge < -0.3 is 5.32 Å². The molecule has 1 heterocycles. The highest BCUT2D eigenvalue weighted by atomic mass is 32.2. The third kappa shape index (κ3) is 4.74. The van der Waals surface area contributed by atoms with E-state index in [-0.39, 0.29) is 6.04 Å². The van der Waals surface area contributed by atoms with Gasteiger partial charge in [0.05, 0.1) is 6.07 Å². The highest BCUT2D eigenvalue weighted by molar-refractivity contribution is 7.85. The second kappa shape index (κ2) is 6.94. The zero-order valence-electron chi connectivity index (χ0n) is 9.24. The summed E-state index contributed by atoms with van der Waals surface area (Å²) in [6, 6.07) is 2.18. The summed E-state index contributed by atoms with van der Waals surface area (Å²) in [7, 11) is -0.628. The van der Waals surface area contributed by atoms with Crippen LogP contribution < -0.4 is 5.32 Å². The van der Waals surface area contributed by atoms with Gasteiger partial charge in [0.1, 0.15) is 6.04 Å². The fourth-order valence-electron chi connectivity index (χ4n) is 1.59. The van der Waals surface area contributed by atoms with Crippen LogP contribution in [-0.4, -0.2) is 52.8 Å². The predicted molar refractivity (Wildman–Crippen MR) is 62.0 cm³/mol. The molecule has 1 atom stereocenters. The molecule has 1 unspecified atom stereocenters. The van der Waals surface area contributed by atoms with Gasteiger partial charge in [-0.15, -0.1) is 0 Å². The van der Waals surface area contributed by atoms with Crippen molar-refractivity contribution in [3.05, 3.63) is 0 Å². The van der Waals surface area contributed by atoms with E-state index < -0.39 is 10.8 Å². The fourth-order valence-corrected chi connectivity index (χ4v) is 2.71. The van der Waals surface area contributed by atoms with E-state index in [1.807, 2.05) is 0 Å². The molecule has 1 aliphatic heterocycles. The van der Waals surface area contributed by atoms with Crippen molar-refractivity contribution in [2.75, 3.05) is 37.7 Å². The number of hydrogen-bond donors (Lipinski definition) is 1. The quantitative estimate of drug-likeness (QED) is 0.718. The Morgan fingerprint density at radius 3 is 2.73 bits per heavy atom. The van der Waals surface area contributed by atoms with Crippen LogP contribution in [0.5, 0.6) is 0 Å². The lowest BCUT2D eigenvalue weighted by Gasteiger charge is -2.27. The van der Waals surface area contributed by atoms with Gasteiger partial charge in [0.2, 0.25) is 0 Å². The maximum absolute atomic E-state index is 11.1. The first-order valence-corrected chi connectivity index (χ1v) is 6.95. The minimum Gasteiger partial charge on any atom is -0.301 e.